The molecule has 1 aliphatic carbocycles. The number of carbonyl (C=O) groups is 1. The smallest absolute Gasteiger partial charge is 0.282 e. The van der Waals surface area contributed by atoms with Gasteiger partial charge in [0.1, 0.15) is 5.56 Å². The van der Waals surface area contributed by atoms with Crippen LogP contribution in [0.3, 0.4) is 0 Å². The van der Waals surface area contributed by atoms with Crippen LogP contribution in [0.4, 0.5) is 5.69 Å². The Hall–Kier alpha value is -1.91. The van der Waals surface area contributed by atoms with Crippen LogP contribution in [0.5, 0.6) is 0 Å². The summed E-state index contributed by atoms with van der Waals surface area (Å²) in [6, 6.07) is 6.16. The van der Waals surface area contributed by atoms with Gasteiger partial charge in [-0.15, -0.1) is 0 Å². The van der Waals surface area contributed by atoms with Gasteiger partial charge in [0, 0.05) is 12.1 Å². The van der Waals surface area contributed by atoms with Crippen molar-refractivity contribution in [1.82, 2.24) is 5.32 Å². The summed E-state index contributed by atoms with van der Waals surface area (Å²) in [6.45, 7) is 4.34. The molecule has 0 saturated heterocycles. The van der Waals surface area contributed by atoms with Crippen molar-refractivity contribution >= 4 is 11.6 Å². The van der Waals surface area contributed by atoms with Crippen molar-refractivity contribution in [3.05, 3.63) is 39.9 Å². The number of nitrogens with zero attached hydrogens (tertiary/aromatic N) is 1. The van der Waals surface area contributed by atoms with Crippen molar-refractivity contribution in [3.63, 3.8) is 0 Å². The standard InChI is InChI=1S/C14H18N2O3/c1-14(2)8-7-10(9-14)15-13(17)11-5-3-4-6-12(11)16(18)19/h3-6,10H,7-9H2,1-2H3,(H,15,17). The average Bonchev–Trinajstić information content (AvgIpc) is 2.68. The third kappa shape index (κ3) is 3.10. The van der Waals surface area contributed by atoms with Gasteiger partial charge in [0.2, 0.25) is 0 Å². The molecule has 0 aromatic heterocycles. The minimum absolute atomic E-state index is 0.113. The first-order chi connectivity index (χ1) is 8.89. The average molecular weight is 262 g/mol. The summed E-state index contributed by atoms with van der Waals surface area (Å²) in [5, 5.41) is 13.8. The molecule has 1 N–H and O–H groups in total. The molecule has 1 fully saturated rings. The van der Waals surface area contributed by atoms with E-state index in [0.717, 1.165) is 19.3 Å². The van der Waals surface area contributed by atoms with E-state index in [1.165, 1.54) is 12.1 Å². The highest BCUT2D eigenvalue weighted by molar-refractivity contribution is 5.98. The molecule has 5 heteroatoms. The van der Waals surface area contributed by atoms with Gasteiger partial charge in [-0.3, -0.25) is 14.9 Å². The Morgan fingerprint density at radius 2 is 2.11 bits per heavy atom. The van der Waals surface area contributed by atoms with E-state index < -0.39 is 4.92 Å². The number of nitro groups is 1. The van der Waals surface area contributed by atoms with Gasteiger partial charge in [-0.25, -0.2) is 0 Å². The molecule has 102 valence electrons. The molecule has 1 saturated carbocycles. The van der Waals surface area contributed by atoms with E-state index in [2.05, 4.69) is 19.2 Å². The Bertz CT molecular complexity index is 511. The Labute approximate surface area is 112 Å². The Kier molecular flexibility index (Phi) is 3.55. The summed E-state index contributed by atoms with van der Waals surface area (Å²) in [6.07, 6.45) is 2.91. The lowest BCUT2D eigenvalue weighted by molar-refractivity contribution is -0.385. The fourth-order valence-corrected chi connectivity index (χ4v) is 2.65. The molecule has 0 bridgehead atoms. The molecule has 1 amide bonds. The van der Waals surface area contributed by atoms with E-state index >= 15 is 0 Å². The second-order valence-electron chi connectivity index (χ2n) is 5.85. The van der Waals surface area contributed by atoms with Crippen molar-refractivity contribution < 1.29 is 9.72 Å². The number of nitrogens with one attached hydrogen (secondary N) is 1. The quantitative estimate of drug-likeness (QED) is 0.672. The summed E-state index contributed by atoms with van der Waals surface area (Å²) in [5.74, 6) is -0.352. The number of hydrogen-bond acceptors (Lipinski definition) is 3. The molecule has 5 nitrogen and oxygen atoms in total. The van der Waals surface area contributed by atoms with E-state index in [4.69, 9.17) is 0 Å². The second kappa shape index (κ2) is 4.99. The number of carbonyl (C=O) groups excluding carboxylic acids is 1. The number of amides is 1. The van der Waals surface area contributed by atoms with Gasteiger partial charge in [0.15, 0.2) is 0 Å². The van der Waals surface area contributed by atoms with Crippen LogP contribution in [0.2, 0.25) is 0 Å². The van der Waals surface area contributed by atoms with Crippen LogP contribution in [0.15, 0.2) is 24.3 Å². The van der Waals surface area contributed by atoms with Crippen LogP contribution in [0.25, 0.3) is 0 Å². The van der Waals surface area contributed by atoms with E-state index in [1.54, 1.807) is 12.1 Å². The number of rotatable bonds is 3. The highest BCUT2D eigenvalue weighted by Crippen LogP contribution is 2.37. The third-order valence-corrected chi connectivity index (χ3v) is 3.65. The van der Waals surface area contributed by atoms with Crippen molar-refractivity contribution in [2.75, 3.05) is 0 Å². The van der Waals surface area contributed by atoms with Crippen molar-refractivity contribution in [2.24, 2.45) is 5.41 Å². The summed E-state index contributed by atoms with van der Waals surface area (Å²) in [5.41, 5.74) is 0.232. The molecule has 0 radical (unpaired) electrons. The van der Waals surface area contributed by atoms with E-state index in [9.17, 15) is 14.9 Å². The minimum atomic E-state index is -0.520. The van der Waals surface area contributed by atoms with Crippen LogP contribution in [-0.2, 0) is 0 Å². The molecule has 1 unspecified atom stereocenters. The molecule has 1 aromatic carbocycles. The van der Waals surface area contributed by atoms with Crippen LogP contribution >= 0.6 is 0 Å². The maximum absolute atomic E-state index is 12.1. The molecule has 19 heavy (non-hydrogen) atoms. The first-order valence-corrected chi connectivity index (χ1v) is 6.43. The molecule has 1 atom stereocenters. The predicted octanol–water partition coefficient (Wildman–Crippen LogP) is 2.90. The van der Waals surface area contributed by atoms with Crippen LogP contribution in [0.1, 0.15) is 43.5 Å². The minimum Gasteiger partial charge on any atom is -0.349 e. The summed E-state index contributed by atoms with van der Waals surface area (Å²) in [7, 11) is 0. The Morgan fingerprint density at radius 3 is 2.68 bits per heavy atom. The second-order valence-corrected chi connectivity index (χ2v) is 5.85. The van der Waals surface area contributed by atoms with Gasteiger partial charge in [-0.2, -0.15) is 0 Å². The van der Waals surface area contributed by atoms with Crippen LogP contribution in [-0.4, -0.2) is 16.9 Å². The summed E-state index contributed by atoms with van der Waals surface area (Å²) < 4.78 is 0. The molecular formula is C14H18N2O3. The Balaban J connectivity index is 2.11. The molecule has 0 aliphatic heterocycles. The van der Waals surface area contributed by atoms with Crippen LogP contribution in [0, 0.1) is 15.5 Å². The number of benzene rings is 1. The van der Waals surface area contributed by atoms with Gasteiger partial charge in [0.05, 0.1) is 4.92 Å². The fraction of sp³-hybridized carbons (Fsp3) is 0.500. The van der Waals surface area contributed by atoms with Gasteiger partial charge in [0.25, 0.3) is 11.6 Å². The van der Waals surface area contributed by atoms with Crippen molar-refractivity contribution in [1.29, 1.82) is 0 Å². The maximum atomic E-state index is 12.1. The molecule has 2 rings (SSSR count). The van der Waals surface area contributed by atoms with Gasteiger partial charge < -0.3 is 5.32 Å². The Morgan fingerprint density at radius 1 is 1.42 bits per heavy atom. The van der Waals surface area contributed by atoms with E-state index in [1.807, 2.05) is 0 Å². The van der Waals surface area contributed by atoms with E-state index in [-0.39, 0.29) is 28.6 Å². The first kappa shape index (κ1) is 13.5. The highest BCUT2D eigenvalue weighted by atomic mass is 16.6. The van der Waals surface area contributed by atoms with Crippen molar-refractivity contribution in [2.45, 2.75) is 39.2 Å². The van der Waals surface area contributed by atoms with Gasteiger partial charge >= 0.3 is 0 Å². The third-order valence-electron chi connectivity index (χ3n) is 3.65. The van der Waals surface area contributed by atoms with Crippen LogP contribution < -0.4 is 5.32 Å². The maximum Gasteiger partial charge on any atom is 0.282 e. The lowest BCUT2D eigenvalue weighted by atomic mass is 9.92. The highest BCUT2D eigenvalue weighted by Gasteiger charge is 2.32. The molecule has 0 heterocycles. The zero-order valence-corrected chi connectivity index (χ0v) is 11.2. The van der Waals surface area contributed by atoms with E-state index in [0.29, 0.717) is 0 Å². The monoisotopic (exact) mass is 262 g/mol. The molecular weight excluding hydrogens is 244 g/mol. The predicted molar refractivity (Wildman–Crippen MR) is 72.0 cm³/mol. The normalized spacial score (nSPS) is 21.1. The summed E-state index contributed by atoms with van der Waals surface area (Å²) >= 11 is 0. The fourth-order valence-electron chi connectivity index (χ4n) is 2.65. The van der Waals surface area contributed by atoms with Crippen molar-refractivity contribution in [3.8, 4) is 0 Å². The zero-order valence-electron chi connectivity index (χ0n) is 11.2. The van der Waals surface area contributed by atoms with Gasteiger partial charge in [-0.05, 0) is 30.7 Å². The SMILES string of the molecule is CC1(C)CCC(NC(=O)c2ccccc2[N+](=O)[O-])C1. The molecule has 1 aromatic rings. The number of nitro benzene ring substituents is 1. The first-order valence-electron chi connectivity index (χ1n) is 6.43. The van der Waals surface area contributed by atoms with Gasteiger partial charge in [-0.1, -0.05) is 26.0 Å². The lowest BCUT2D eigenvalue weighted by Gasteiger charge is -2.17. The molecule has 1 aliphatic rings. The number of para-hydroxylation sites is 1. The largest absolute Gasteiger partial charge is 0.349 e. The zero-order chi connectivity index (χ0) is 14.0. The summed E-state index contributed by atoms with van der Waals surface area (Å²) in [4.78, 5) is 22.5. The molecule has 0 spiro atoms. The lowest BCUT2D eigenvalue weighted by Crippen LogP contribution is -2.33. The number of hydrogen-bond donors (Lipinski definition) is 1. The topological polar surface area (TPSA) is 72.2 Å².